The third-order valence-electron chi connectivity index (χ3n) is 4.12. The molecular formula is C24H34N4O13. The average Bonchev–Trinajstić information content (AvgIpc) is 3.11. The number of carbonyl (C=O) groups excluding carboxylic acids is 5. The van der Waals surface area contributed by atoms with Gasteiger partial charge in [-0.05, 0) is 41.5 Å². The summed E-state index contributed by atoms with van der Waals surface area (Å²) in [5.41, 5.74) is -1.47. The highest BCUT2D eigenvalue weighted by atomic mass is 16.6. The number of nitrogens with zero attached hydrogens (tertiary/aromatic N) is 1. The van der Waals surface area contributed by atoms with Gasteiger partial charge in [-0.2, -0.15) is 0 Å². The highest BCUT2D eigenvalue weighted by Gasteiger charge is 2.36. The molecule has 41 heavy (non-hydrogen) atoms. The Morgan fingerprint density at radius 3 is 1.59 bits per heavy atom. The maximum absolute atomic E-state index is 11.4. The molecule has 0 saturated heterocycles. The summed E-state index contributed by atoms with van der Waals surface area (Å²) in [5, 5.41) is 32.7. The van der Waals surface area contributed by atoms with Crippen LogP contribution in [0.4, 0.5) is 9.59 Å². The Labute approximate surface area is 234 Å². The quantitative estimate of drug-likeness (QED) is 0.141. The van der Waals surface area contributed by atoms with Crippen LogP contribution in [0.25, 0.3) is 0 Å². The van der Waals surface area contributed by atoms with Crippen LogP contribution in [0.3, 0.4) is 0 Å². The van der Waals surface area contributed by atoms with Crippen molar-refractivity contribution in [2.75, 3.05) is 13.1 Å². The fraction of sp³-hybridized carbons (Fsp3) is 0.500. The summed E-state index contributed by atoms with van der Waals surface area (Å²) in [6.45, 7) is 9.04. The van der Waals surface area contributed by atoms with Crippen LogP contribution in [0.1, 0.15) is 41.5 Å². The minimum absolute atomic E-state index is 0.406. The molecule has 0 aromatic rings. The van der Waals surface area contributed by atoms with E-state index in [1.807, 2.05) is 5.32 Å². The Balaban J connectivity index is 0.000000781. The van der Waals surface area contributed by atoms with Gasteiger partial charge in [0.15, 0.2) is 6.04 Å². The molecule has 6 N–H and O–H groups in total. The summed E-state index contributed by atoms with van der Waals surface area (Å²) < 4.78 is 9.84. The van der Waals surface area contributed by atoms with Crippen LogP contribution in [-0.2, 0) is 38.2 Å². The Kier molecular flexibility index (Phi) is 13.7. The molecule has 0 aromatic heterocycles. The molecule has 0 fully saturated rings. The lowest BCUT2D eigenvalue weighted by molar-refractivity contribution is -0.153. The van der Waals surface area contributed by atoms with Crippen LogP contribution in [-0.4, -0.2) is 104 Å². The zero-order valence-electron chi connectivity index (χ0n) is 23.2. The number of rotatable bonds is 10. The van der Waals surface area contributed by atoms with Crippen LogP contribution in [0.5, 0.6) is 0 Å². The second-order valence-electron chi connectivity index (χ2n) is 10.1. The van der Waals surface area contributed by atoms with Gasteiger partial charge >= 0.3 is 30.1 Å². The predicted molar refractivity (Wildman–Crippen MR) is 137 cm³/mol. The van der Waals surface area contributed by atoms with Crippen LogP contribution >= 0.6 is 0 Å². The minimum Gasteiger partial charge on any atom is -0.480 e. The molecule has 5 amide bonds. The van der Waals surface area contributed by atoms with E-state index in [-0.39, 0.29) is 0 Å². The maximum atomic E-state index is 11.4. The Bertz CT molecular complexity index is 1080. The fourth-order valence-electron chi connectivity index (χ4n) is 2.57. The molecule has 0 saturated carbocycles. The van der Waals surface area contributed by atoms with Crippen molar-refractivity contribution in [3.05, 3.63) is 24.3 Å². The number of carboxylic acids is 3. The molecule has 0 aromatic carbocycles. The van der Waals surface area contributed by atoms with E-state index in [1.165, 1.54) is 0 Å². The molecule has 0 aliphatic carbocycles. The molecule has 0 radical (unpaired) electrons. The van der Waals surface area contributed by atoms with Crippen LogP contribution in [0, 0.1) is 0 Å². The summed E-state index contributed by atoms with van der Waals surface area (Å²) >= 11 is 0. The maximum Gasteiger partial charge on any atom is 0.407 e. The van der Waals surface area contributed by atoms with Crippen molar-refractivity contribution in [2.24, 2.45) is 0 Å². The monoisotopic (exact) mass is 586 g/mol. The number of hydrogen-bond donors (Lipinski definition) is 6. The first-order chi connectivity index (χ1) is 18.6. The zero-order valence-corrected chi connectivity index (χ0v) is 23.2. The predicted octanol–water partition coefficient (Wildman–Crippen LogP) is -0.389. The summed E-state index contributed by atoms with van der Waals surface area (Å²) in [6.07, 6.45) is 1.54. The molecule has 1 rings (SSSR count). The summed E-state index contributed by atoms with van der Waals surface area (Å²) in [7, 11) is 0. The number of alkyl carbamates (subject to hydrolysis) is 2. The van der Waals surface area contributed by atoms with Crippen LogP contribution in [0.15, 0.2) is 24.3 Å². The van der Waals surface area contributed by atoms with Crippen molar-refractivity contribution < 1.29 is 63.1 Å². The summed E-state index contributed by atoms with van der Waals surface area (Å²) in [4.78, 5) is 89.7. The van der Waals surface area contributed by atoms with Gasteiger partial charge in [0.05, 0.1) is 13.1 Å². The number of aliphatic carboxylic acids is 3. The van der Waals surface area contributed by atoms with E-state index < -0.39 is 84.2 Å². The molecule has 2 atom stereocenters. The SMILES string of the molecule is CC(C)(C)OC(=O)NC[C@@H](C(=O)O)N1C(=O)C=CC1=O.CC(C)(C)OC(=O)NC[C@H](NC(=O)/C=C\C(=O)O)C(=O)O. The molecule has 0 bridgehead atoms. The highest BCUT2D eigenvalue weighted by Crippen LogP contribution is 2.10. The fourth-order valence-corrected chi connectivity index (χ4v) is 2.57. The number of carboxylic acid groups (broad SMARTS) is 3. The highest BCUT2D eigenvalue weighted by molar-refractivity contribution is 6.14. The second-order valence-corrected chi connectivity index (χ2v) is 10.1. The molecule has 228 valence electrons. The van der Waals surface area contributed by atoms with Crippen LogP contribution < -0.4 is 16.0 Å². The Morgan fingerprint density at radius 1 is 0.780 bits per heavy atom. The molecule has 17 nitrogen and oxygen atoms in total. The van der Waals surface area contributed by atoms with Crippen molar-refractivity contribution in [1.82, 2.24) is 20.9 Å². The third kappa shape index (κ3) is 15.9. The van der Waals surface area contributed by atoms with Gasteiger partial charge < -0.3 is 40.7 Å². The van der Waals surface area contributed by atoms with Gasteiger partial charge in [-0.3, -0.25) is 19.3 Å². The smallest absolute Gasteiger partial charge is 0.407 e. The second kappa shape index (κ2) is 15.6. The summed E-state index contributed by atoms with van der Waals surface area (Å²) in [6, 6.07) is -2.89. The van der Waals surface area contributed by atoms with Crippen molar-refractivity contribution in [3.63, 3.8) is 0 Å². The van der Waals surface area contributed by atoms with E-state index in [1.54, 1.807) is 41.5 Å². The molecule has 1 aliphatic heterocycles. The molecule has 1 heterocycles. The Morgan fingerprint density at radius 2 is 1.22 bits per heavy atom. The van der Waals surface area contributed by atoms with Gasteiger partial charge in [0.1, 0.15) is 17.2 Å². The summed E-state index contributed by atoms with van der Waals surface area (Å²) in [5.74, 6) is -6.49. The first-order valence-electron chi connectivity index (χ1n) is 11.8. The van der Waals surface area contributed by atoms with Crippen molar-refractivity contribution in [2.45, 2.75) is 64.8 Å². The van der Waals surface area contributed by atoms with Gasteiger partial charge in [0, 0.05) is 24.3 Å². The number of nitrogens with one attached hydrogen (secondary N) is 3. The Hall–Kier alpha value is -4.96. The molecular weight excluding hydrogens is 552 g/mol. The first-order valence-corrected chi connectivity index (χ1v) is 11.8. The van der Waals surface area contributed by atoms with Crippen molar-refractivity contribution >= 4 is 47.8 Å². The molecule has 17 heteroatoms. The standard InChI is InChI=1S/C12H18N2O7.C12H16N2O6/c1-12(2,3)21-11(20)13-6-7(10(18)19)14-8(15)4-5-9(16)17;1-12(2,3)20-11(19)13-6-7(10(17)18)14-8(15)4-5-9(14)16/h4-5,7H,6H2,1-3H3,(H,13,20)(H,14,15)(H,16,17)(H,18,19);4-5,7H,6H2,1-3H3,(H,13,19)(H,17,18)/b5-4-;/t2*7-/m00/s1. The van der Waals surface area contributed by atoms with Gasteiger partial charge in [0.25, 0.3) is 11.8 Å². The number of carbonyl (C=O) groups is 8. The molecule has 1 aliphatic rings. The largest absolute Gasteiger partial charge is 0.480 e. The zero-order chi connectivity index (χ0) is 32.1. The minimum atomic E-state index is -1.47. The van der Waals surface area contributed by atoms with E-state index in [0.717, 1.165) is 12.2 Å². The van der Waals surface area contributed by atoms with Gasteiger partial charge in [-0.25, -0.2) is 24.0 Å². The molecule has 0 spiro atoms. The number of amides is 5. The lowest BCUT2D eigenvalue weighted by Gasteiger charge is -2.24. The number of ether oxygens (including phenoxy) is 2. The van der Waals surface area contributed by atoms with Gasteiger partial charge in [0.2, 0.25) is 5.91 Å². The lowest BCUT2D eigenvalue weighted by atomic mass is 10.2. The first kappa shape index (κ1) is 36.0. The normalized spacial score (nSPS) is 14.3. The van der Waals surface area contributed by atoms with Crippen LogP contribution in [0.2, 0.25) is 0 Å². The average molecular weight is 587 g/mol. The van der Waals surface area contributed by atoms with Gasteiger partial charge in [-0.1, -0.05) is 0 Å². The molecule has 0 unspecified atom stereocenters. The lowest BCUT2D eigenvalue weighted by Crippen LogP contribution is -2.51. The number of imide groups is 1. The van der Waals surface area contributed by atoms with Crippen molar-refractivity contribution in [1.29, 1.82) is 0 Å². The van der Waals surface area contributed by atoms with E-state index in [4.69, 9.17) is 24.8 Å². The third-order valence-corrected chi connectivity index (χ3v) is 4.12. The van der Waals surface area contributed by atoms with E-state index in [2.05, 4.69) is 10.6 Å². The van der Waals surface area contributed by atoms with Gasteiger partial charge in [-0.15, -0.1) is 0 Å². The van der Waals surface area contributed by atoms with E-state index in [0.29, 0.717) is 17.1 Å². The topological polar surface area (TPSA) is 255 Å². The van der Waals surface area contributed by atoms with E-state index >= 15 is 0 Å². The van der Waals surface area contributed by atoms with E-state index in [9.17, 15) is 38.4 Å². The number of hydrogen-bond acceptors (Lipinski definition) is 10. The van der Waals surface area contributed by atoms with Crippen molar-refractivity contribution in [3.8, 4) is 0 Å².